The quantitative estimate of drug-likeness (QED) is 0.771. The molecule has 1 aromatic rings. The summed E-state index contributed by atoms with van der Waals surface area (Å²) in [5.74, 6) is -1.35. The van der Waals surface area contributed by atoms with Gasteiger partial charge in [-0.25, -0.2) is 13.6 Å². The third-order valence-corrected chi connectivity index (χ3v) is 3.02. The van der Waals surface area contributed by atoms with Gasteiger partial charge < -0.3 is 4.90 Å². The molecular weight excluding hydrogens is 250 g/mol. The molecule has 1 fully saturated rings. The number of halogens is 2. The van der Waals surface area contributed by atoms with E-state index in [1.54, 1.807) is 4.90 Å². The average Bonchev–Trinajstić information content (AvgIpc) is 2.68. The number of benzene rings is 1. The molecule has 0 aromatic heterocycles. The van der Waals surface area contributed by atoms with Crippen LogP contribution in [0.4, 0.5) is 19.3 Å². The molecule has 2 rings (SSSR count). The zero-order valence-corrected chi connectivity index (χ0v) is 11.0. The van der Waals surface area contributed by atoms with Gasteiger partial charge in [-0.15, -0.1) is 0 Å². The fourth-order valence-electron chi connectivity index (χ4n) is 1.97. The number of carbonyl (C=O) groups excluding carboxylic acids is 1. The molecule has 0 unspecified atom stereocenters. The first-order chi connectivity index (χ1) is 8.99. The topological polar surface area (TPSA) is 23.6 Å². The molecule has 0 N–H and O–H groups in total. The molecular formula is C14H16F2N2O. The number of nitrogens with zero attached hydrogens (tertiary/aromatic N) is 2. The minimum absolute atomic E-state index is 0.131. The van der Waals surface area contributed by atoms with Gasteiger partial charge in [0.15, 0.2) is 0 Å². The molecule has 1 aliphatic heterocycles. The van der Waals surface area contributed by atoms with Crippen LogP contribution < -0.4 is 4.90 Å². The molecule has 3 nitrogen and oxygen atoms in total. The molecule has 0 radical (unpaired) electrons. The molecule has 1 aromatic carbocycles. The van der Waals surface area contributed by atoms with Gasteiger partial charge in [-0.3, -0.25) is 4.90 Å². The standard InChI is InChI=1S/C14H16F2N2O/c1-10(2)5-6-17-7-8-18(14(17)19)13-4-3-11(15)9-12(13)16/h3-5,9H,6-8H2,1-2H3. The largest absolute Gasteiger partial charge is 0.324 e. The van der Waals surface area contributed by atoms with E-state index >= 15 is 0 Å². The van der Waals surface area contributed by atoms with Crippen molar-refractivity contribution in [3.8, 4) is 0 Å². The molecule has 1 heterocycles. The van der Waals surface area contributed by atoms with Gasteiger partial charge in [0.25, 0.3) is 0 Å². The lowest BCUT2D eigenvalue weighted by Gasteiger charge is -2.18. The zero-order valence-electron chi connectivity index (χ0n) is 11.0. The number of allylic oxidation sites excluding steroid dienone is 1. The van der Waals surface area contributed by atoms with Gasteiger partial charge in [-0.1, -0.05) is 11.6 Å². The van der Waals surface area contributed by atoms with Crippen molar-refractivity contribution in [2.75, 3.05) is 24.5 Å². The molecule has 5 heteroatoms. The zero-order chi connectivity index (χ0) is 14.0. The van der Waals surface area contributed by atoms with E-state index in [-0.39, 0.29) is 11.7 Å². The Morgan fingerprint density at radius 1 is 1.32 bits per heavy atom. The Morgan fingerprint density at radius 2 is 2.05 bits per heavy atom. The van der Waals surface area contributed by atoms with E-state index in [2.05, 4.69) is 0 Å². The lowest BCUT2D eigenvalue weighted by Crippen LogP contribution is -2.32. The van der Waals surface area contributed by atoms with Gasteiger partial charge in [-0.05, 0) is 26.0 Å². The SMILES string of the molecule is CC(C)=CCN1CCN(c2ccc(F)cc2F)C1=O. The third kappa shape index (κ3) is 2.92. The Kier molecular flexibility index (Phi) is 3.83. The second-order valence-corrected chi connectivity index (χ2v) is 4.76. The maximum absolute atomic E-state index is 13.7. The van der Waals surface area contributed by atoms with E-state index in [0.717, 1.165) is 17.7 Å². The van der Waals surface area contributed by atoms with Crippen molar-refractivity contribution in [3.63, 3.8) is 0 Å². The summed E-state index contributed by atoms with van der Waals surface area (Å²) in [5, 5.41) is 0. The number of urea groups is 1. The highest BCUT2D eigenvalue weighted by Gasteiger charge is 2.30. The maximum Gasteiger partial charge on any atom is 0.324 e. The summed E-state index contributed by atoms with van der Waals surface area (Å²) >= 11 is 0. The Morgan fingerprint density at radius 3 is 2.68 bits per heavy atom. The van der Waals surface area contributed by atoms with Gasteiger partial charge in [0, 0.05) is 25.7 Å². The molecule has 2 amide bonds. The molecule has 1 saturated heterocycles. The average molecular weight is 266 g/mol. The first-order valence-electron chi connectivity index (χ1n) is 6.14. The van der Waals surface area contributed by atoms with Crippen molar-refractivity contribution < 1.29 is 13.6 Å². The fraction of sp³-hybridized carbons (Fsp3) is 0.357. The summed E-state index contributed by atoms with van der Waals surface area (Å²) in [6.45, 7) is 5.38. The highest BCUT2D eigenvalue weighted by atomic mass is 19.1. The molecule has 102 valence electrons. The summed E-state index contributed by atoms with van der Waals surface area (Å²) in [7, 11) is 0. The molecule has 0 spiro atoms. The van der Waals surface area contributed by atoms with Crippen LogP contribution in [0, 0.1) is 11.6 Å². The van der Waals surface area contributed by atoms with Crippen LogP contribution in [0.2, 0.25) is 0 Å². The Hall–Kier alpha value is -1.91. The summed E-state index contributed by atoms with van der Waals surface area (Å²) < 4.78 is 26.5. The van der Waals surface area contributed by atoms with E-state index in [1.165, 1.54) is 11.0 Å². The summed E-state index contributed by atoms with van der Waals surface area (Å²) in [6.07, 6.45) is 1.95. The third-order valence-electron chi connectivity index (χ3n) is 3.02. The van der Waals surface area contributed by atoms with Crippen LogP contribution >= 0.6 is 0 Å². The predicted molar refractivity (Wildman–Crippen MR) is 70.1 cm³/mol. The highest BCUT2D eigenvalue weighted by molar-refractivity contribution is 5.94. The lowest BCUT2D eigenvalue weighted by atomic mass is 10.2. The number of anilines is 1. The second kappa shape index (κ2) is 5.38. The number of hydrogen-bond acceptors (Lipinski definition) is 1. The van der Waals surface area contributed by atoms with E-state index < -0.39 is 11.6 Å². The minimum atomic E-state index is -0.711. The summed E-state index contributed by atoms with van der Waals surface area (Å²) in [4.78, 5) is 15.1. The van der Waals surface area contributed by atoms with Crippen molar-refractivity contribution in [3.05, 3.63) is 41.5 Å². The summed E-state index contributed by atoms with van der Waals surface area (Å²) in [6, 6.07) is 3.00. The van der Waals surface area contributed by atoms with Crippen molar-refractivity contribution in [2.24, 2.45) is 0 Å². The fourth-order valence-corrected chi connectivity index (χ4v) is 1.97. The van der Waals surface area contributed by atoms with E-state index in [4.69, 9.17) is 0 Å². The molecule has 19 heavy (non-hydrogen) atoms. The van der Waals surface area contributed by atoms with E-state index in [1.807, 2.05) is 19.9 Å². The van der Waals surface area contributed by atoms with Crippen molar-refractivity contribution >= 4 is 11.7 Å². The van der Waals surface area contributed by atoms with E-state index in [9.17, 15) is 13.6 Å². The number of rotatable bonds is 3. The summed E-state index contributed by atoms with van der Waals surface area (Å²) in [5.41, 5.74) is 1.25. The minimum Gasteiger partial charge on any atom is -0.319 e. The number of hydrogen-bond donors (Lipinski definition) is 0. The van der Waals surface area contributed by atoms with Crippen LogP contribution in [0.15, 0.2) is 29.8 Å². The van der Waals surface area contributed by atoms with Gasteiger partial charge in [0.2, 0.25) is 0 Å². The molecule has 0 bridgehead atoms. The van der Waals surface area contributed by atoms with Crippen LogP contribution in [0.3, 0.4) is 0 Å². The second-order valence-electron chi connectivity index (χ2n) is 4.76. The van der Waals surface area contributed by atoms with Gasteiger partial charge >= 0.3 is 6.03 Å². The number of carbonyl (C=O) groups is 1. The Labute approximate surface area is 111 Å². The van der Waals surface area contributed by atoms with Crippen LogP contribution in [0.5, 0.6) is 0 Å². The van der Waals surface area contributed by atoms with Crippen molar-refractivity contribution in [1.29, 1.82) is 0 Å². The highest BCUT2D eigenvalue weighted by Crippen LogP contribution is 2.24. The number of amides is 2. The maximum atomic E-state index is 13.7. The Bertz CT molecular complexity index is 524. The van der Waals surface area contributed by atoms with Crippen LogP contribution in [0.25, 0.3) is 0 Å². The van der Waals surface area contributed by atoms with Gasteiger partial charge in [0.05, 0.1) is 5.69 Å². The first-order valence-corrected chi connectivity index (χ1v) is 6.14. The lowest BCUT2D eigenvalue weighted by molar-refractivity contribution is 0.225. The monoisotopic (exact) mass is 266 g/mol. The smallest absolute Gasteiger partial charge is 0.319 e. The molecule has 0 atom stereocenters. The van der Waals surface area contributed by atoms with Crippen LogP contribution in [-0.4, -0.2) is 30.6 Å². The predicted octanol–water partition coefficient (Wildman–Crippen LogP) is 3.17. The van der Waals surface area contributed by atoms with Crippen molar-refractivity contribution in [1.82, 2.24) is 4.90 Å². The van der Waals surface area contributed by atoms with E-state index in [0.29, 0.717) is 19.6 Å². The normalized spacial score (nSPS) is 15.1. The first kappa shape index (κ1) is 13.5. The van der Waals surface area contributed by atoms with Gasteiger partial charge in [-0.2, -0.15) is 0 Å². The molecule has 0 saturated carbocycles. The van der Waals surface area contributed by atoms with Crippen LogP contribution in [0.1, 0.15) is 13.8 Å². The van der Waals surface area contributed by atoms with Gasteiger partial charge in [0.1, 0.15) is 11.6 Å². The molecule has 0 aliphatic carbocycles. The molecule has 1 aliphatic rings. The van der Waals surface area contributed by atoms with Crippen LogP contribution in [-0.2, 0) is 0 Å². The Balaban J connectivity index is 2.15. The van der Waals surface area contributed by atoms with Crippen molar-refractivity contribution in [2.45, 2.75) is 13.8 Å².